The number of fused-ring (bicyclic) bond motifs is 2. The zero-order valence-electron chi connectivity index (χ0n) is 19.4. The first-order valence-corrected chi connectivity index (χ1v) is 12.6. The summed E-state index contributed by atoms with van der Waals surface area (Å²) >= 11 is 6.64. The van der Waals surface area contributed by atoms with E-state index in [-0.39, 0.29) is 11.9 Å². The third-order valence-corrected chi connectivity index (χ3v) is 7.71. The van der Waals surface area contributed by atoms with Crippen LogP contribution in [-0.2, 0) is 16.1 Å². The summed E-state index contributed by atoms with van der Waals surface area (Å²) < 4.78 is 7.83. The number of aromatic nitrogens is 4. The lowest BCUT2D eigenvalue weighted by Crippen LogP contribution is -2.51. The van der Waals surface area contributed by atoms with Crippen LogP contribution in [0.4, 0.5) is 5.82 Å². The van der Waals surface area contributed by atoms with Crippen molar-refractivity contribution in [2.75, 3.05) is 37.7 Å². The van der Waals surface area contributed by atoms with Gasteiger partial charge in [0.05, 0.1) is 5.02 Å². The van der Waals surface area contributed by atoms with Crippen molar-refractivity contribution in [1.29, 1.82) is 0 Å². The van der Waals surface area contributed by atoms with Crippen LogP contribution in [0.25, 0.3) is 22.6 Å². The molecule has 5 heterocycles. The summed E-state index contributed by atoms with van der Waals surface area (Å²) in [6.45, 7) is 6.62. The van der Waals surface area contributed by atoms with Gasteiger partial charge in [-0.25, -0.2) is 15.0 Å². The molecule has 8 nitrogen and oxygen atoms in total. The average Bonchev–Trinajstić information content (AvgIpc) is 3.40. The van der Waals surface area contributed by atoms with E-state index in [1.54, 1.807) is 0 Å². The quantitative estimate of drug-likeness (QED) is 0.566. The van der Waals surface area contributed by atoms with Crippen molar-refractivity contribution in [2.24, 2.45) is 5.92 Å². The van der Waals surface area contributed by atoms with E-state index in [0.717, 1.165) is 92.8 Å². The number of rotatable bonds is 4. The minimum Gasteiger partial charge on any atom is -0.381 e. The topological polar surface area (TPSA) is 76.4 Å². The monoisotopic (exact) mass is 480 g/mol. The van der Waals surface area contributed by atoms with Gasteiger partial charge in [-0.05, 0) is 44.2 Å². The van der Waals surface area contributed by atoms with Gasteiger partial charge in [-0.1, -0.05) is 23.7 Å². The largest absolute Gasteiger partial charge is 0.381 e. The third-order valence-electron chi connectivity index (χ3n) is 7.38. The number of ether oxygens (including phenoxy) is 1. The van der Waals surface area contributed by atoms with Gasteiger partial charge in [0, 0.05) is 57.4 Å². The molecular formula is C25H29ClN6O2. The number of amides is 1. The molecule has 0 radical (unpaired) electrons. The van der Waals surface area contributed by atoms with E-state index >= 15 is 0 Å². The highest BCUT2D eigenvalue weighted by molar-refractivity contribution is 6.33. The van der Waals surface area contributed by atoms with Crippen molar-refractivity contribution in [3.05, 3.63) is 35.1 Å². The number of aryl methyl sites for hydroxylation is 1. The van der Waals surface area contributed by atoms with Gasteiger partial charge < -0.3 is 19.1 Å². The summed E-state index contributed by atoms with van der Waals surface area (Å²) in [6.07, 6.45) is 3.60. The SMILES string of the molecule is Cc1nc(N2CCN3C(=O)CCC3C2)c2nc(-c3ccccc3Cl)n(CC3CCOCC3)c2n1. The number of halogens is 1. The molecule has 3 fully saturated rings. The van der Waals surface area contributed by atoms with Crippen LogP contribution < -0.4 is 4.90 Å². The maximum absolute atomic E-state index is 12.2. The number of carbonyl (C=O) groups is 1. The molecule has 1 atom stereocenters. The number of carbonyl (C=O) groups excluding carboxylic acids is 1. The number of benzene rings is 1. The first-order valence-electron chi connectivity index (χ1n) is 12.2. The number of imidazole rings is 1. The lowest BCUT2D eigenvalue weighted by molar-refractivity contribution is -0.129. The maximum atomic E-state index is 12.2. The van der Waals surface area contributed by atoms with Gasteiger partial charge in [0.15, 0.2) is 17.0 Å². The molecule has 2 aromatic heterocycles. The molecule has 0 saturated carbocycles. The van der Waals surface area contributed by atoms with Gasteiger partial charge in [-0.15, -0.1) is 0 Å². The second-order valence-corrected chi connectivity index (χ2v) is 9.98. The van der Waals surface area contributed by atoms with E-state index in [2.05, 4.69) is 9.47 Å². The van der Waals surface area contributed by atoms with Crippen molar-refractivity contribution in [2.45, 2.75) is 45.2 Å². The van der Waals surface area contributed by atoms with Crippen LogP contribution in [0.15, 0.2) is 24.3 Å². The van der Waals surface area contributed by atoms with E-state index in [9.17, 15) is 4.79 Å². The number of hydrogen-bond donors (Lipinski definition) is 0. The van der Waals surface area contributed by atoms with Gasteiger partial charge in [-0.2, -0.15) is 0 Å². The van der Waals surface area contributed by atoms with Crippen molar-refractivity contribution >= 4 is 34.5 Å². The molecule has 3 aliphatic heterocycles. The van der Waals surface area contributed by atoms with Crippen molar-refractivity contribution < 1.29 is 9.53 Å². The Morgan fingerprint density at radius 3 is 2.74 bits per heavy atom. The van der Waals surface area contributed by atoms with Gasteiger partial charge >= 0.3 is 0 Å². The molecule has 0 aliphatic carbocycles. The van der Waals surface area contributed by atoms with E-state index in [4.69, 9.17) is 31.3 Å². The van der Waals surface area contributed by atoms with Crippen molar-refractivity contribution in [3.63, 3.8) is 0 Å². The molecule has 3 aliphatic rings. The first-order chi connectivity index (χ1) is 16.6. The minimum absolute atomic E-state index is 0.249. The molecule has 0 spiro atoms. The number of anilines is 1. The summed E-state index contributed by atoms with van der Waals surface area (Å²) in [5.74, 6) is 3.20. The Balaban J connectivity index is 1.46. The van der Waals surface area contributed by atoms with Crippen LogP contribution in [-0.4, -0.2) is 69.2 Å². The standard InChI is InChI=1S/C25H29ClN6O2/c1-16-27-24(30-10-11-31-18(15-30)6-7-21(31)33)22-25(28-16)32(14-17-8-12-34-13-9-17)23(29-22)19-4-2-3-5-20(19)26/h2-5,17-18H,6-15H2,1H3. The Hall–Kier alpha value is -2.71. The normalized spacial score (nSPS) is 21.5. The molecule has 3 saturated heterocycles. The first kappa shape index (κ1) is 21.8. The fourth-order valence-corrected chi connectivity index (χ4v) is 5.80. The third kappa shape index (κ3) is 3.82. The summed E-state index contributed by atoms with van der Waals surface area (Å²) in [4.78, 5) is 31.4. The molecule has 1 unspecified atom stereocenters. The Morgan fingerprint density at radius 1 is 1.09 bits per heavy atom. The fraction of sp³-hybridized carbons (Fsp3) is 0.520. The lowest BCUT2D eigenvalue weighted by Gasteiger charge is -2.38. The molecule has 178 valence electrons. The highest BCUT2D eigenvalue weighted by Crippen LogP contribution is 2.35. The van der Waals surface area contributed by atoms with Crippen LogP contribution in [0, 0.1) is 12.8 Å². The van der Waals surface area contributed by atoms with Crippen LogP contribution in [0.1, 0.15) is 31.5 Å². The van der Waals surface area contributed by atoms with E-state index < -0.39 is 0 Å². The minimum atomic E-state index is 0.249. The average molecular weight is 481 g/mol. The Morgan fingerprint density at radius 2 is 1.91 bits per heavy atom. The van der Waals surface area contributed by atoms with E-state index in [1.165, 1.54) is 0 Å². The zero-order chi connectivity index (χ0) is 23.2. The molecule has 0 bridgehead atoms. The smallest absolute Gasteiger partial charge is 0.223 e. The highest BCUT2D eigenvalue weighted by atomic mass is 35.5. The van der Waals surface area contributed by atoms with Gasteiger partial charge in [0.2, 0.25) is 5.91 Å². The van der Waals surface area contributed by atoms with Crippen molar-refractivity contribution in [3.8, 4) is 11.4 Å². The van der Waals surface area contributed by atoms with Gasteiger partial charge in [0.1, 0.15) is 11.6 Å². The molecule has 34 heavy (non-hydrogen) atoms. The molecule has 9 heteroatoms. The summed E-state index contributed by atoms with van der Waals surface area (Å²) in [5, 5.41) is 0.676. The number of piperazine rings is 1. The summed E-state index contributed by atoms with van der Waals surface area (Å²) in [5.41, 5.74) is 2.57. The van der Waals surface area contributed by atoms with E-state index in [0.29, 0.717) is 17.4 Å². The fourth-order valence-electron chi connectivity index (χ4n) is 5.58. The van der Waals surface area contributed by atoms with Crippen LogP contribution in [0.2, 0.25) is 5.02 Å². The Bertz CT molecular complexity index is 1240. The number of hydrogen-bond acceptors (Lipinski definition) is 6. The second kappa shape index (κ2) is 8.82. The maximum Gasteiger partial charge on any atom is 0.223 e. The second-order valence-electron chi connectivity index (χ2n) is 9.57. The molecular weight excluding hydrogens is 452 g/mol. The van der Waals surface area contributed by atoms with Gasteiger partial charge in [0.25, 0.3) is 0 Å². The van der Waals surface area contributed by atoms with Crippen molar-refractivity contribution in [1.82, 2.24) is 24.4 Å². The lowest BCUT2D eigenvalue weighted by atomic mass is 10.00. The molecule has 3 aromatic rings. The zero-order valence-corrected chi connectivity index (χ0v) is 20.2. The Kier molecular flexibility index (Phi) is 5.65. The summed E-state index contributed by atoms with van der Waals surface area (Å²) in [6, 6.07) is 8.11. The van der Waals surface area contributed by atoms with E-state index in [1.807, 2.05) is 36.1 Å². The predicted molar refractivity (Wildman–Crippen MR) is 131 cm³/mol. The summed E-state index contributed by atoms with van der Waals surface area (Å²) in [7, 11) is 0. The molecule has 6 rings (SSSR count). The molecule has 1 aromatic carbocycles. The predicted octanol–water partition coefficient (Wildman–Crippen LogP) is 3.69. The molecule has 1 amide bonds. The highest BCUT2D eigenvalue weighted by Gasteiger charge is 2.37. The Labute approximate surface area is 203 Å². The van der Waals surface area contributed by atoms with Crippen LogP contribution >= 0.6 is 11.6 Å². The number of nitrogens with zero attached hydrogens (tertiary/aromatic N) is 6. The molecule has 0 N–H and O–H groups in total. The van der Waals surface area contributed by atoms with Crippen LogP contribution in [0.3, 0.4) is 0 Å². The van der Waals surface area contributed by atoms with Gasteiger partial charge in [-0.3, -0.25) is 4.79 Å². The van der Waals surface area contributed by atoms with Crippen LogP contribution in [0.5, 0.6) is 0 Å².